The van der Waals surface area contributed by atoms with Gasteiger partial charge in [-0.25, -0.2) is 0 Å². The third kappa shape index (κ3) is 2.24. The Hall–Kier alpha value is -1.08. The van der Waals surface area contributed by atoms with Gasteiger partial charge in [-0.15, -0.1) is 6.58 Å². The van der Waals surface area contributed by atoms with Crippen LogP contribution in [0.1, 0.15) is 36.3 Å². The molecule has 0 amide bonds. The van der Waals surface area contributed by atoms with E-state index in [1.54, 1.807) is 11.1 Å². The molecule has 0 N–H and O–H groups in total. The molecule has 1 aromatic rings. The predicted molar refractivity (Wildman–Crippen MR) is 76.9 cm³/mol. The van der Waals surface area contributed by atoms with Crippen LogP contribution in [-0.2, 0) is 6.42 Å². The van der Waals surface area contributed by atoms with Gasteiger partial charge in [0.05, 0.1) is 0 Å². The smallest absolute Gasteiger partial charge is 0.00159 e. The van der Waals surface area contributed by atoms with Crippen LogP contribution >= 0.6 is 0 Å². The van der Waals surface area contributed by atoms with E-state index < -0.39 is 0 Å². The maximum atomic E-state index is 3.83. The summed E-state index contributed by atoms with van der Waals surface area (Å²) in [7, 11) is 0. The summed E-state index contributed by atoms with van der Waals surface area (Å²) in [4.78, 5) is 2.64. The molecule has 1 aliphatic carbocycles. The largest absolute Gasteiger partial charge is 0.303 e. The van der Waals surface area contributed by atoms with E-state index in [0.29, 0.717) is 0 Å². The van der Waals surface area contributed by atoms with Gasteiger partial charge in [0.25, 0.3) is 0 Å². The highest BCUT2D eigenvalue weighted by molar-refractivity contribution is 5.34. The second-order valence-electron chi connectivity index (χ2n) is 5.77. The second kappa shape index (κ2) is 5.27. The molecular weight excluding hydrogens is 218 g/mol. The lowest BCUT2D eigenvalue weighted by molar-refractivity contribution is 0.143. The van der Waals surface area contributed by atoms with Crippen molar-refractivity contribution in [1.29, 1.82) is 0 Å². The fraction of sp³-hybridized carbons (Fsp3) is 0.529. The van der Waals surface area contributed by atoms with Crippen LogP contribution in [0.25, 0.3) is 0 Å². The minimum atomic E-state index is 0.829. The molecule has 0 saturated carbocycles. The van der Waals surface area contributed by atoms with E-state index in [9.17, 15) is 0 Å². The van der Waals surface area contributed by atoms with Gasteiger partial charge in [0.2, 0.25) is 0 Å². The van der Waals surface area contributed by atoms with Crippen LogP contribution in [0.2, 0.25) is 0 Å². The molecule has 0 aromatic heterocycles. The van der Waals surface area contributed by atoms with Crippen molar-refractivity contribution in [3.8, 4) is 0 Å². The molecule has 0 spiro atoms. The average molecular weight is 241 g/mol. The van der Waals surface area contributed by atoms with Crippen molar-refractivity contribution in [2.45, 2.75) is 31.6 Å². The third-order valence-electron chi connectivity index (χ3n) is 4.71. The van der Waals surface area contributed by atoms with Crippen molar-refractivity contribution in [2.75, 3.05) is 19.6 Å². The molecule has 1 fully saturated rings. The van der Waals surface area contributed by atoms with Gasteiger partial charge in [-0.3, -0.25) is 0 Å². The molecule has 0 radical (unpaired) electrons. The van der Waals surface area contributed by atoms with Crippen LogP contribution in [0.15, 0.2) is 36.9 Å². The Morgan fingerprint density at radius 3 is 3.06 bits per heavy atom. The van der Waals surface area contributed by atoms with Crippen molar-refractivity contribution in [3.63, 3.8) is 0 Å². The summed E-state index contributed by atoms with van der Waals surface area (Å²) < 4.78 is 0. The maximum Gasteiger partial charge on any atom is 0.00159 e. The minimum absolute atomic E-state index is 0.829. The Morgan fingerprint density at radius 2 is 2.17 bits per heavy atom. The zero-order chi connectivity index (χ0) is 12.4. The van der Waals surface area contributed by atoms with E-state index in [1.165, 1.54) is 38.9 Å². The Labute approximate surface area is 111 Å². The molecule has 96 valence electrons. The second-order valence-corrected chi connectivity index (χ2v) is 5.77. The van der Waals surface area contributed by atoms with Gasteiger partial charge in [-0.05, 0) is 55.2 Å². The number of benzene rings is 1. The van der Waals surface area contributed by atoms with Gasteiger partial charge >= 0.3 is 0 Å². The fourth-order valence-corrected chi connectivity index (χ4v) is 3.75. The molecule has 2 aliphatic rings. The minimum Gasteiger partial charge on any atom is -0.303 e. The molecular formula is C17H23N. The van der Waals surface area contributed by atoms with Gasteiger partial charge in [-0.2, -0.15) is 0 Å². The molecule has 0 bridgehead atoms. The van der Waals surface area contributed by atoms with Crippen LogP contribution in [-0.4, -0.2) is 24.5 Å². The van der Waals surface area contributed by atoms with E-state index in [0.717, 1.165) is 18.3 Å². The van der Waals surface area contributed by atoms with Gasteiger partial charge < -0.3 is 4.90 Å². The zero-order valence-electron chi connectivity index (χ0n) is 11.1. The van der Waals surface area contributed by atoms with Crippen molar-refractivity contribution in [3.05, 3.63) is 48.0 Å². The lowest BCUT2D eigenvalue weighted by Gasteiger charge is -2.42. The standard InChI is InChI=1S/C17H23N/c1-2-3-11-18-12-10-17-15(13-18)9-8-14-6-4-5-7-16(14)17/h2,4-7,15,17H,1,3,8-13H2/t15-,17-/m1/s1. The molecule has 3 rings (SSSR count). The summed E-state index contributed by atoms with van der Waals surface area (Å²) >= 11 is 0. The van der Waals surface area contributed by atoms with Gasteiger partial charge in [0, 0.05) is 13.1 Å². The van der Waals surface area contributed by atoms with Crippen molar-refractivity contribution >= 4 is 0 Å². The number of fused-ring (bicyclic) bond motifs is 3. The van der Waals surface area contributed by atoms with Crippen LogP contribution in [0.5, 0.6) is 0 Å². The summed E-state index contributed by atoms with van der Waals surface area (Å²) in [5.41, 5.74) is 3.26. The van der Waals surface area contributed by atoms with Crippen molar-refractivity contribution < 1.29 is 0 Å². The quantitative estimate of drug-likeness (QED) is 0.731. The monoisotopic (exact) mass is 241 g/mol. The number of likely N-dealkylation sites (tertiary alicyclic amines) is 1. The molecule has 1 heterocycles. The highest BCUT2D eigenvalue weighted by atomic mass is 15.1. The summed E-state index contributed by atoms with van der Waals surface area (Å²) in [6, 6.07) is 9.10. The topological polar surface area (TPSA) is 3.24 Å². The van der Waals surface area contributed by atoms with Crippen molar-refractivity contribution in [2.24, 2.45) is 5.92 Å². The first kappa shape index (κ1) is 12.0. The summed E-state index contributed by atoms with van der Waals surface area (Å²) in [5, 5.41) is 0. The van der Waals surface area contributed by atoms with Gasteiger partial charge in [0.1, 0.15) is 0 Å². The molecule has 1 aromatic carbocycles. The maximum absolute atomic E-state index is 3.83. The lowest BCUT2D eigenvalue weighted by atomic mass is 9.71. The van der Waals surface area contributed by atoms with Crippen LogP contribution < -0.4 is 0 Å². The van der Waals surface area contributed by atoms with Crippen LogP contribution in [0, 0.1) is 5.92 Å². The molecule has 2 atom stereocenters. The van der Waals surface area contributed by atoms with Crippen LogP contribution in [0.4, 0.5) is 0 Å². The van der Waals surface area contributed by atoms with Crippen LogP contribution in [0.3, 0.4) is 0 Å². The first-order valence-corrected chi connectivity index (χ1v) is 7.29. The third-order valence-corrected chi connectivity index (χ3v) is 4.71. The number of rotatable bonds is 3. The number of hydrogen-bond donors (Lipinski definition) is 0. The fourth-order valence-electron chi connectivity index (χ4n) is 3.75. The van der Waals surface area contributed by atoms with E-state index in [1.807, 2.05) is 6.08 Å². The molecule has 18 heavy (non-hydrogen) atoms. The Morgan fingerprint density at radius 1 is 1.28 bits per heavy atom. The van der Waals surface area contributed by atoms with E-state index >= 15 is 0 Å². The Balaban J connectivity index is 1.72. The lowest BCUT2D eigenvalue weighted by Crippen LogP contribution is -2.41. The molecule has 1 saturated heterocycles. The number of piperidine rings is 1. The number of hydrogen-bond acceptors (Lipinski definition) is 1. The highest BCUT2D eigenvalue weighted by Crippen LogP contribution is 2.41. The van der Waals surface area contributed by atoms with Gasteiger partial charge in [0.15, 0.2) is 0 Å². The van der Waals surface area contributed by atoms with E-state index in [4.69, 9.17) is 0 Å². The first-order valence-electron chi connectivity index (χ1n) is 7.29. The summed E-state index contributed by atoms with van der Waals surface area (Å²) in [5.74, 6) is 1.72. The van der Waals surface area contributed by atoms with E-state index in [-0.39, 0.29) is 0 Å². The van der Waals surface area contributed by atoms with Gasteiger partial charge in [-0.1, -0.05) is 30.3 Å². The zero-order valence-corrected chi connectivity index (χ0v) is 11.1. The SMILES string of the molecule is C=CCCN1CC[C@H]2c3ccccc3CC[C@@H]2C1. The molecule has 1 heteroatoms. The van der Waals surface area contributed by atoms with Crippen molar-refractivity contribution in [1.82, 2.24) is 4.90 Å². The summed E-state index contributed by atoms with van der Waals surface area (Å²) in [6.07, 6.45) is 7.19. The highest BCUT2D eigenvalue weighted by Gasteiger charge is 2.33. The Kier molecular flexibility index (Phi) is 3.51. The number of aryl methyl sites for hydroxylation is 1. The van der Waals surface area contributed by atoms with E-state index in [2.05, 4.69) is 35.7 Å². The summed E-state index contributed by atoms with van der Waals surface area (Å²) in [6.45, 7) is 7.60. The average Bonchev–Trinajstić information content (AvgIpc) is 2.44. The normalized spacial score (nSPS) is 27.3. The molecule has 1 nitrogen and oxygen atoms in total. The predicted octanol–water partition coefficient (Wildman–Crippen LogP) is 3.61. The molecule has 0 unspecified atom stereocenters. The molecule has 1 aliphatic heterocycles. The Bertz CT molecular complexity index is 423. The number of nitrogens with zero attached hydrogens (tertiary/aromatic N) is 1. The first-order chi connectivity index (χ1) is 8.88.